The molecule has 1 atom stereocenters. The maximum atomic E-state index is 13.3. The third kappa shape index (κ3) is 6.97. The fraction of sp³-hybridized carbons (Fsp3) is 0.440. The highest BCUT2D eigenvalue weighted by Crippen LogP contribution is 2.28. The normalized spacial score (nSPS) is 11.7. The number of methoxy groups -OCH3 is 2. The monoisotopic (exact) mass is 444 g/mol. The van der Waals surface area contributed by atoms with Crippen LogP contribution in [-0.4, -0.2) is 43.0 Å². The number of amides is 2. The highest BCUT2D eigenvalue weighted by atomic mass is 19.1. The number of halogens is 1. The van der Waals surface area contributed by atoms with Crippen LogP contribution in [0, 0.1) is 5.82 Å². The number of ether oxygens (including phenoxy) is 2. The van der Waals surface area contributed by atoms with Crippen LogP contribution in [0.5, 0.6) is 11.5 Å². The fourth-order valence-electron chi connectivity index (χ4n) is 3.52. The molecule has 0 bridgehead atoms. The lowest BCUT2D eigenvalue weighted by Gasteiger charge is -2.31. The summed E-state index contributed by atoms with van der Waals surface area (Å²) in [7, 11) is 3.14. The molecule has 1 unspecified atom stereocenters. The summed E-state index contributed by atoms with van der Waals surface area (Å²) in [4.78, 5) is 27.7. The Morgan fingerprint density at radius 1 is 1.00 bits per heavy atom. The lowest BCUT2D eigenvalue weighted by atomic mass is 10.1. The Kier molecular flexibility index (Phi) is 9.50. The van der Waals surface area contributed by atoms with Crippen LogP contribution in [-0.2, 0) is 22.6 Å². The Morgan fingerprint density at radius 3 is 2.19 bits per heavy atom. The number of hydrogen-bond acceptors (Lipinski definition) is 4. The summed E-state index contributed by atoms with van der Waals surface area (Å²) in [6, 6.07) is 10.9. The second-order valence-corrected chi connectivity index (χ2v) is 7.92. The predicted molar refractivity (Wildman–Crippen MR) is 122 cm³/mol. The Balaban J connectivity index is 2.22. The Morgan fingerprint density at radius 2 is 1.62 bits per heavy atom. The molecule has 6 nitrogen and oxygen atoms in total. The van der Waals surface area contributed by atoms with Crippen molar-refractivity contribution < 1.29 is 23.5 Å². The van der Waals surface area contributed by atoms with Gasteiger partial charge in [-0.3, -0.25) is 9.59 Å². The average Bonchev–Trinajstić information content (AvgIpc) is 2.77. The van der Waals surface area contributed by atoms with Crippen molar-refractivity contribution in [3.05, 3.63) is 59.4 Å². The first kappa shape index (κ1) is 25.2. The summed E-state index contributed by atoms with van der Waals surface area (Å²) < 4.78 is 23.9. The molecular weight excluding hydrogens is 411 g/mol. The van der Waals surface area contributed by atoms with Gasteiger partial charge in [0.05, 0.1) is 14.2 Å². The van der Waals surface area contributed by atoms with Gasteiger partial charge in [-0.1, -0.05) is 25.1 Å². The standard InChI is InChI=1S/C25H33FN2O4/c1-6-21(25(30)27-17(2)3)28(16-19-7-11-20(26)12-8-19)24(29)14-10-18-9-13-22(31-4)23(15-18)32-5/h7-9,11-13,15,17,21H,6,10,14,16H2,1-5H3,(H,27,30). The fourth-order valence-corrected chi connectivity index (χ4v) is 3.52. The second kappa shape index (κ2) is 12.1. The molecule has 0 radical (unpaired) electrons. The van der Waals surface area contributed by atoms with Crippen LogP contribution >= 0.6 is 0 Å². The van der Waals surface area contributed by atoms with E-state index in [1.165, 1.54) is 12.1 Å². The van der Waals surface area contributed by atoms with E-state index < -0.39 is 6.04 Å². The number of carbonyl (C=O) groups excluding carboxylic acids is 2. The molecule has 2 aromatic carbocycles. The van der Waals surface area contributed by atoms with Crippen LogP contribution in [0.1, 0.15) is 44.7 Å². The number of nitrogens with one attached hydrogen (secondary N) is 1. The van der Waals surface area contributed by atoms with Crippen LogP contribution in [0.2, 0.25) is 0 Å². The van der Waals surface area contributed by atoms with Gasteiger partial charge in [-0.05, 0) is 62.1 Å². The molecular formula is C25H33FN2O4. The molecule has 1 N–H and O–H groups in total. The van der Waals surface area contributed by atoms with Crippen molar-refractivity contribution in [1.82, 2.24) is 10.2 Å². The third-order valence-corrected chi connectivity index (χ3v) is 5.16. The van der Waals surface area contributed by atoms with Gasteiger partial charge in [0.1, 0.15) is 11.9 Å². The Labute approximate surface area is 189 Å². The minimum absolute atomic E-state index is 0.0360. The smallest absolute Gasteiger partial charge is 0.243 e. The second-order valence-electron chi connectivity index (χ2n) is 7.92. The Hall–Kier alpha value is -3.09. The summed E-state index contributed by atoms with van der Waals surface area (Å²) in [6.45, 7) is 5.88. The van der Waals surface area contributed by atoms with Gasteiger partial charge in [-0.15, -0.1) is 0 Å². The summed E-state index contributed by atoms with van der Waals surface area (Å²) in [5, 5.41) is 2.90. The van der Waals surface area contributed by atoms with Gasteiger partial charge in [0.25, 0.3) is 0 Å². The summed E-state index contributed by atoms with van der Waals surface area (Å²) in [6.07, 6.45) is 1.19. The molecule has 2 aromatic rings. The summed E-state index contributed by atoms with van der Waals surface area (Å²) in [5.41, 5.74) is 1.69. The van der Waals surface area contributed by atoms with Gasteiger partial charge in [0, 0.05) is 19.0 Å². The van der Waals surface area contributed by atoms with Crippen LogP contribution in [0.3, 0.4) is 0 Å². The molecule has 0 aliphatic rings. The highest BCUT2D eigenvalue weighted by molar-refractivity contribution is 5.87. The van der Waals surface area contributed by atoms with Crippen molar-refractivity contribution in [3.63, 3.8) is 0 Å². The largest absolute Gasteiger partial charge is 0.493 e. The molecule has 32 heavy (non-hydrogen) atoms. The molecule has 0 saturated heterocycles. The first-order valence-corrected chi connectivity index (χ1v) is 10.8. The van der Waals surface area contributed by atoms with Crippen LogP contribution in [0.25, 0.3) is 0 Å². The number of nitrogens with zero attached hydrogens (tertiary/aromatic N) is 1. The van der Waals surface area contributed by atoms with E-state index in [4.69, 9.17) is 9.47 Å². The zero-order valence-corrected chi connectivity index (χ0v) is 19.5. The molecule has 0 saturated carbocycles. The molecule has 174 valence electrons. The molecule has 2 rings (SSSR count). The van der Waals surface area contributed by atoms with Gasteiger partial charge < -0.3 is 19.7 Å². The van der Waals surface area contributed by atoms with E-state index in [1.807, 2.05) is 32.9 Å². The third-order valence-electron chi connectivity index (χ3n) is 5.16. The molecule has 0 heterocycles. The summed E-state index contributed by atoms with van der Waals surface area (Å²) >= 11 is 0. The van der Waals surface area contributed by atoms with E-state index in [9.17, 15) is 14.0 Å². The number of carbonyl (C=O) groups is 2. The lowest BCUT2D eigenvalue weighted by Crippen LogP contribution is -2.50. The van der Waals surface area contributed by atoms with Gasteiger partial charge in [-0.25, -0.2) is 4.39 Å². The van der Waals surface area contributed by atoms with Gasteiger partial charge in [-0.2, -0.15) is 0 Å². The number of hydrogen-bond donors (Lipinski definition) is 1. The summed E-state index contributed by atoms with van der Waals surface area (Å²) in [5.74, 6) is 0.545. The van der Waals surface area contributed by atoms with Crippen molar-refractivity contribution in [2.45, 2.75) is 58.7 Å². The van der Waals surface area contributed by atoms with E-state index in [0.717, 1.165) is 11.1 Å². The lowest BCUT2D eigenvalue weighted by molar-refractivity contribution is -0.141. The topological polar surface area (TPSA) is 67.9 Å². The Bertz CT molecular complexity index is 899. The maximum absolute atomic E-state index is 13.3. The molecule has 0 aliphatic heterocycles. The molecule has 0 aromatic heterocycles. The predicted octanol–water partition coefficient (Wildman–Crippen LogP) is 4.11. The quantitative estimate of drug-likeness (QED) is 0.566. The van der Waals surface area contributed by atoms with Gasteiger partial charge in [0.15, 0.2) is 11.5 Å². The molecule has 0 spiro atoms. The molecule has 0 fully saturated rings. The minimum atomic E-state index is -0.611. The van der Waals surface area contributed by atoms with E-state index in [2.05, 4.69) is 5.32 Å². The van der Waals surface area contributed by atoms with E-state index in [0.29, 0.717) is 24.3 Å². The first-order valence-electron chi connectivity index (χ1n) is 10.8. The SMILES string of the molecule is CCC(C(=O)NC(C)C)N(Cc1ccc(F)cc1)C(=O)CCc1ccc(OC)c(OC)c1. The maximum Gasteiger partial charge on any atom is 0.243 e. The molecule has 2 amide bonds. The zero-order valence-electron chi connectivity index (χ0n) is 19.5. The van der Waals surface area contributed by atoms with E-state index in [-0.39, 0.29) is 36.6 Å². The number of benzene rings is 2. The van der Waals surface area contributed by atoms with Crippen LogP contribution in [0.4, 0.5) is 4.39 Å². The van der Waals surface area contributed by atoms with Crippen molar-refractivity contribution in [3.8, 4) is 11.5 Å². The molecule has 7 heteroatoms. The zero-order chi connectivity index (χ0) is 23.7. The van der Waals surface area contributed by atoms with Gasteiger partial charge in [0.2, 0.25) is 11.8 Å². The van der Waals surface area contributed by atoms with Crippen molar-refractivity contribution >= 4 is 11.8 Å². The van der Waals surface area contributed by atoms with Crippen molar-refractivity contribution in [2.24, 2.45) is 0 Å². The average molecular weight is 445 g/mol. The van der Waals surface area contributed by atoms with Crippen molar-refractivity contribution in [2.75, 3.05) is 14.2 Å². The van der Waals surface area contributed by atoms with E-state index >= 15 is 0 Å². The first-order chi connectivity index (χ1) is 15.3. The minimum Gasteiger partial charge on any atom is -0.493 e. The molecule has 0 aliphatic carbocycles. The van der Waals surface area contributed by atoms with Crippen LogP contribution < -0.4 is 14.8 Å². The van der Waals surface area contributed by atoms with E-state index in [1.54, 1.807) is 37.3 Å². The van der Waals surface area contributed by atoms with Gasteiger partial charge >= 0.3 is 0 Å². The number of rotatable bonds is 11. The number of aryl methyl sites for hydroxylation is 1. The van der Waals surface area contributed by atoms with Crippen molar-refractivity contribution in [1.29, 1.82) is 0 Å². The highest BCUT2D eigenvalue weighted by Gasteiger charge is 2.28. The van der Waals surface area contributed by atoms with Crippen LogP contribution in [0.15, 0.2) is 42.5 Å².